The molecule has 116 valence electrons. The number of nitrogens with zero attached hydrogens (tertiary/aromatic N) is 1. The minimum atomic E-state index is -3.73. The lowest BCUT2D eigenvalue weighted by Gasteiger charge is -2.08. The van der Waals surface area contributed by atoms with Gasteiger partial charge in [0.25, 0.3) is 5.69 Å². The predicted molar refractivity (Wildman–Crippen MR) is 83.5 cm³/mol. The fourth-order valence-electron chi connectivity index (χ4n) is 1.56. The van der Waals surface area contributed by atoms with Gasteiger partial charge in [-0.15, -0.1) is 0 Å². The molecule has 0 spiro atoms. The molecule has 0 aliphatic rings. The van der Waals surface area contributed by atoms with E-state index in [9.17, 15) is 18.5 Å². The molecule has 0 unspecified atom stereocenters. The van der Waals surface area contributed by atoms with Crippen LogP contribution in [0.25, 0.3) is 0 Å². The maximum atomic E-state index is 11.1. The summed E-state index contributed by atoms with van der Waals surface area (Å²) in [5.41, 5.74) is 3.37. The van der Waals surface area contributed by atoms with Gasteiger partial charge in [0.05, 0.1) is 9.82 Å². The fraction of sp³-hybridized carbons (Fsp3) is 0. The van der Waals surface area contributed by atoms with E-state index in [2.05, 4.69) is 10.3 Å². The largest absolute Gasteiger partial charge is 0.312 e. The lowest BCUT2D eigenvalue weighted by atomic mass is 10.3. The Kier molecular flexibility index (Phi) is 4.98. The third-order valence-electron chi connectivity index (χ3n) is 2.60. The molecular weight excluding hydrogens is 328 g/mol. The van der Waals surface area contributed by atoms with Crippen molar-refractivity contribution in [1.82, 2.24) is 4.83 Å². The van der Waals surface area contributed by atoms with Gasteiger partial charge in [0.2, 0.25) is 10.0 Å². The Hall–Kier alpha value is -2.14. The van der Waals surface area contributed by atoms with Gasteiger partial charge in [-0.05, 0) is 42.3 Å². The van der Waals surface area contributed by atoms with Crippen LogP contribution >= 0.6 is 11.9 Å². The van der Waals surface area contributed by atoms with Gasteiger partial charge in [0, 0.05) is 11.8 Å². The monoisotopic (exact) mass is 340 g/mol. The lowest BCUT2D eigenvalue weighted by molar-refractivity contribution is -0.387. The third kappa shape index (κ3) is 4.18. The van der Waals surface area contributed by atoms with Crippen LogP contribution in [0.15, 0.2) is 58.3 Å². The summed E-state index contributed by atoms with van der Waals surface area (Å²) in [4.78, 5) is 13.6. The van der Waals surface area contributed by atoms with Crippen molar-refractivity contribution < 1.29 is 13.3 Å². The van der Waals surface area contributed by atoms with Crippen LogP contribution in [0.3, 0.4) is 0 Å². The second kappa shape index (κ2) is 6.75. The number of para-hydroxylation sites is 1. The maximum Gasteiger partial charge on any atom is 0.284 e. The Bertz CT molecular complexity index is 778. The van der Waals surface area contributed by atoms with Gasteiger partial charge in [0.1, 0.15) is 4.90 Å². The molecule has 8 nitrogen and oxygen atoms in total. The predicted octanol–water partition coefficient (Wildman–Crippen LogP) is 1.87. The number of anilines is 1. The topological polar surface area (TPSA) is 127 Å². The van der Waals surface area contributed by atoms with Gasteiger partial charge in [-0.2, -0.15) is 4.83 Å². The van der Waals surface area contributed by atoms with Gasteiger partial charge in [-0.1, -0.05) is 12.1 Å². The zero-order valence-electron chi connectivity index (χ0n) is 11.1. The highest BCUT2D eigenvalue weighted by molar-refractivity contribution is 7.97. The van der Waals surface area contributed by atoms with Crippen molar-refractivity contribution in [3.8, 4) is 0 Å². The molecule has 0 aliphatic carbocycles. The van der Waals surface area contributed by atoms with Crippen molar-refractivity contribution in [3.63, 3.8) is 0 Å². The highest BCUT2D eigenvalue weighted by Gasteiger charge is 2.12. The first-order valence-corrected chi connectivity index (χ1v) is 8.28. The quantitative estimate of drug-likeness (QED) is 0.416. The van der Waals surface area contributed by atoms with Crippen molar-refractivity contribution in [2.45, 2.75) is 9.79 Å². The number of hydrogen-bond acceptors (Lipinski definition) is 7. The number of hydrogen-bond donors (Lipinski definition) is 3. The Labute approximate surface area is 131 Å². The number of nitro benzene ring substituents is 1. The van der Waals surface area contributed by atoms with Crippen LogP contribution in [0.2, 0.25) is 0 Å². The summed E-state index contributed by atoms with van der Waals surface area (Å²) in [6, 6.07) is 12.1. The highest BCUT2D eigenvalue weighted by atomic mass is 32.2. The van der Waals surface area contributed by atoms with Crippen molar-refractivity contribution in [2.75, 3.05) is 5.43 Å². The van der Waals surface area contributed by atoms with E-state index >= 15 is 0 Å². The lowest BCUT2D eigenvalue weighted by Crippen LogP contribution is -2.14. The molecule has 0 saturated carbocycles. The van der Waals surface area contributed by atoms with E-state index in [0.29, 0.717) is 10.6 Å². The Balaban J connectivity index is 1.99. The van der Waals surface area contributed by atoms with E-state index < -0.39 is 14.9 Å². The second-order valence-electron chi connectivity index (χ2n) is 4.12. The minimum absolute atomic E-state index is 0.00407. The van der Waals surface area contributed by atoms with E-state index in [1.54, 1.807) is 18.2 Å². The summed E-state index contributed by atoms with van der Waals surface area (Å²) < 4.78 is 22.2. The number of primary sulfonamides is 1. The molecule has 0 atom stereocenters. The molecule has 0 aromatic heterocycles. The summed E-state index contributed by atoms with van der Waals surface area (Å²) in [7, 11) is -3.73. The van der Waals surface area contributed by atoms with Crippen LogP contribution in [0.4, 0.5) is 11.4 Å². The average molecular weight is 340 g/mol. The highest BCUT2D eigenvalue weighted by Crippen LogP contribution is 2.26. The molecule has 0 amide bonds. The summed E-state index contributed by atoms with van der Waals surface area (Å²) in [5.74, 6) is 0. The normalized spacial score (nSPS) is 11.1. The molecule has 0 fully saturated rings. The molecule has 2 aromatic rings. The summed E-state index contributed by atoms with van der Waals surface area (Å²) in [6.45, 7) is 0. The number of benzene rings is 2. The van der Waals surface area contributed by atoms with E-state index in [1.807, 2.05) is 0 Å². The van der Waals surface area contributed by atoms with E-state index in [-0.39, 0.29) is 10.6 Å². The SMILES string of the molecule is NS(=O)(=O)c1ccc(NNSc2ccccc2[N+](=O)[O-])cc1. The number of nitrogens with two attached hydrogens (primary N) is 1. The zero-order chi connectivity index (χ0) is 16.2. The zero-order valence-corrected chi connectivity index (χ0v) is 12.7. The van der Waals surface area contributed by atoms with Crippen molar-refractivity contribution in [3.05, 3.63) is 58.6 Å². The summed E-state index contributed by atoms with van der Waals surface area (Å²) in [5, 5.41) is 15.9. The Morgan fingerprint density at radius 2 is 1.73 bits per heavy atom. The Morgan fingerprint density at radius 3 is 2.32 bits per heavy atom. The van der Waals surface area contributed by atoms with Crippen LogP contribution < -0.4 is 15.4 Å². The second-order valence-corrected chi connectivity index (χ2v) is 6.53. The van der Waals surface area contributed by atoms with E-state index in [1.165, 1.54) is 30.3 Å². The molecule has 2 aromatic carbocycles. The fourth-order valence-corrected chi connectivity index (χ4v) is 2.75. The van der Waals surface area contributed by atoms with Gasteiger partial charge >= 0.3 is 0 Å². The molecule has 4 N–H and O–H groups in total. The number of sulfonamides is 1. The first-order chi connectivity index (χ1) is 10.4. The molecule has 10 heteroatoms. The van der Waals surface area contributed by atoms with E-state index in [4.69, 9.17) is 5.14 Å². The number of nitrogens with one attached hydrogen (secondary N) is 2. The molecule has 0 aliphatic heterocycles. The van der Waals surface area contributed by atoms with Gasteiger partial charge < -0.3 is 5.43 Å². The molecule has 2 rings (SSSR count). The van der Waals surface area contributed by atoms with Gasteiger partial charge in [-0.3, -0.25) is 10.1 Å². The first kappa shape index (κ1) is 16.2. The number of rotatable bonds is 6. The standard InChI is InChI=1S/C12H12N4O4S2/c13-22(19,20)10-7-5-9(6-8-10)14-15-21-12-4-2-1-3-11(12)16(17)18/h1-8,14-15H,(H2,13,19,20). The molecule has 0 saturated heterocycles. The minimum Gasteiger partial charge on any atom is -0.312 e. The smallest absolute Gasteiger partial charge is 0.284 e. The van der Waals surface area contributed by atoms with Crippen molar-refractivity contribution in [2.24, 2.45) is 5.14 Å². The van der Waals surface area contributed by atoms with Gasteiger partial charge in [0.15, 0.2) is 0 Å². The van der Waals surface area contributed by atoms with Crippen LogP contribution in [0, 0.1) is 10.1 Å². The molecule has 0 heterocycles. The molecular formula is C12H12N4O4S2. The molecule has 0 bridgehead atoms. The summed E-state index contributed by atoms with van der Waals surface area (Å²) >= 11 is 1.03. The number of nitro groups is 1. The van der Waals surface area contributed by atoms with Crippen molar-refractivity contribution >= 4 is 33.3 Å². The number of hydrazine groups is 1. The third-order valence-corrected chi connectivity index (χ3v) is 4.30. The summed E-state index contributed by atoms with van der Waals surface area (Å²) in [6.07, 6.45) is 0. The van der Waals surface area contributed by atoms with Crippen LogP contribution in [0.1, 0.15) is 0 Å². The van der Waals surface area contributed by atoms with Crippen molar-refractivity contribution in [1.29, 1.82) is 0 Å². The van der Waals surface area contributed by atoms with Crippen LogP contribution in [-0.2, 0) is 10.0 Å². The maximum absolute atomic E-state index is 11.1. The average Bonchev–Trinajstić information content (AvgIpc) is 2.47. The first-order valence-electron chi connectivity index (χ1n) is 5.92. The van der Waals surface area contributed by atoms with Crippen LogP contribution in [-0.4, -0.2) is 13.3 Å². The van der Waals surface area contributed by atoms with Gasteiger partial charge in [-0.25, -0.2) is 13.6 Å². The Morgan fingerprint density at radius 1 is 1.09 bits per heavy atom. The molecule has 22 heavy (non-hydrogen) atoms. The van der Waals surface area contributed by atoms with Crippen LogP contribution in [0.5, 0.6) is 0 Å². The molecule has 0 radical (unpaired) electrons. The van der Waals surface area contributed by atoms with E-state index in [0.717, 1.165) is 11.9 Å².